The minimum atomic E-state index is -0.614. The quantitative estimate of drug-likeness (QED) is 0.555. The van der Waals surface area contributed by atoms with Crippen LogP contribution in [0.5, 0.6) is 5.75 Å². The molecule has 3 rings (SSSR count). The monoisotopic (exact) mass is 427 g/mol. The Labute approximate surface area is 179 Å². The van der Waals surface area contributed by atoms with Gasteiger partial charge in [-0.15, -0.1) is 4.98 Å². The van der Waals surface area contributed by atoms with Gasteiger partial charge >= 0.3 is 6.09 Å². The van der Waals surface area contributed by atoms with E-state index in [1.807, 2.05) is 0 Å². The van der Waals surface area contributed by atoms with Crippen molar-refractivity contribution in [3.63, 3.8) is 0 Å². The van der Waals surface area contributed by atoms with Crippen LogP contribution in [-0.4, -0.2) is 46.6 Å². The number of hydrogen-bond acceptors (Lipinski definition) is 7. The molecule has 3 heterocycles. The molecule has 0 saturated heterocycles. The van der Waals surface area contributed by atoms with E-state index in [0.717, 1.165) is 0 Å². The van der Waals surface area contributed by atoms with Crippen molar-refractivity contribution in [1.29, 1.82) is 0 Å². The molecule has 9 nitrogen and oxygen atoms in total. The number of rotatable bonds is 6. The fourth-order valence-corrected chi connectivity index (χ4v) is 2.69. The molecule has 2 aromatic heterocycles. The summed E-state index contributed by atoms with van der Waals surface area (Å²) < 4.78 is 24.2. The number of oxime groups is 1. The Hall–Kier alpha value is -3.74. The highest BCUT2D eigenvalue weighted by molar-refractivity contribution is 5.89. The number of carbonyl (C=O) groups excluding carboxylic acids is 1. The van der Waals surface area contributed by atoms with Crippen LogP contribution < -0.4 is 10.1 Å². The zero-order chi connectivity index (χ0) is 22.4. The smallest absolute Gasteiger partial charge is 0.407 e. The molecule has 1 aliphatic rings. The molecule has 1 unspecified atom stereocenters. The molecule has 0 saturated carbocycles. The number of carbonyl (C=O) groups is 1. The van der Waals surface area contributed by atoms with Gasteiger partial charge in [-0.2, -0.15) is 4.39 Å². The third kappa shape index (κ3) is 6.37. The second-order valence-corrected chi connectivity index (χ2v) is 7.75. The Morgan fingerprint density at radius 1 is 1.35 bits per heavy atom. The Balaban J connectivity index is 1.57. The SMILES string of the molecule is [C-]#[N+]c1ccc(OCC2CC(CNC(=O)OC(C)(C)C)=NO2)c(-c2ccc(F)nc2)n1. The first-order valence-corrected chi connectivity index (χ1v) is 9.55. The number of nitrogens with one attached hydrogen (secondary N) is 1. The largest absolute Gasteiger partial charge is 0.485 e. The fraction of sp³-hybridized carbons (Fsp3) is 0.381. The molecule has 1 amide bonds. The van der Waals surface area contributed by atoms with E-state index in [9.17, 15) is 9.18 Å². The fourth-order valence-electron chi connectivity index (χ4n) is 2.69. The minimum Gasteiger partial charge on any atom is -0.485 e. The van der Waals surface area contributed by atoms with Gasteiger partial charge in [-0.3, -0.25) is 0 Å². The van der Waals surface area contributed by atoms with Gasteiger partial charge in [-0.1, -0.05) is 11.7 Å². The van der Waals surface area contributed by atoms with Gasteiger partial charge in [0.2, 0.25) is 11.6 Å². The van der Waals surface area contributed by atoms with E-state index >= 15 is 0 Å². The van der Waals surface area contributed by atoms with E-state index in [1.165, 1.54) is 24.4 Å². The lowest BCUT2D eigenvalue weighted by Gasteiger charge is -2.19. The van der Waals surface area contributed by atoms with Crippen molar-refractivity contribution < 1.29 is 23.5 Å². The molecule has 0 aliphatic carbocycles. The molecule has 0 bridgehead atoms. The topological polar surface area (TPSA) is 99.3 Å². The maximum atomic E-state index is 13.2. The van der Waals surface area contributed by atoms with Crippen LogP contribution in [0.25, 0.3) is 16.1 Å². The highest BCUT2D eigenvalue weighted by Gasteiger charge is 2.24. The zero-order valence-corrected chi connectivity index (χ0v) is 17.4. The summed E-state index contributed by atoms with van der Waals surface area (Å²) in [5, 5.41) is 6.61. The molecular weight excluding hydrogens is 405 g/mol. The van der Waals surface area contributed by atoms with Crippen LogP contribution in [0.2, 0.25) is 0 Å². The normalized spacial score (nSPS) is 15.5. The molecular formula is C21H22FN5O4. The van der Waals surface area contributed by atoms with Crippen LogP contribution in [0.15, 0.2) is 35.6 Å². The Morgan fingerprint density at radius 3 is 2.84 bits per heavy atom. The molecule has 1 atom stereocenters. The van der Waals surface area contributed by atoms with Crippen molar-refractivity contribution in [2.45, 2.75) is 38.9 Å². The Bertz CT molecular complexity index is 1010. The Morgan fingerprint density at radius 2 is 2.16 bits per heavy atom. The summed E-state index contributed by atoms with van der Waals surface area (Å²) in [4.78, 5) is 28.3. The van der Waals surface area contributed by atoms with Crippen LogP contribution >= 0.6 is 0 Å². The number of ether oxygens (including phenoxy) is 2. The standard InChI is InChI=1S/C21H22FN5O4/c1-21(2,3)30-20(28)25-11-14-9-15(31-27-14)12-29-16-6-8-18(23-4)26-19(16)13-5-7-17(22)24-10-13/h5-8,10,15H,9,11-12H2,1-3H3,(H,25,28). The third-order valence-corrected chi connectivity index (χ3v) is 4.01. The minimum absolute atomic E-state index is 0.167. The van der Waals surface area contributed by atoms with Gasteiger partial charge in [0.15, 0.2) is 11.9 Å². The highest BCUT2D eigenvalue weighted by Crippen LogP contribution is 2.30. The molecule has 31 heavy (non-hydrogen) atoms. The summed E-state index contributed by atoms with van der Waals surface area (Å²) in [6, 6.07) is 5.88. The third-order valence-electron chi connectivity index (χ3n) is 4.01. The molecule has 0 spiro atoms. The first-order chi connectivity index (χ1) is 14.7. The van der Waals surface area contributed by atoms with Crippen molar-refractivity contribution in [2.24, 2.45) is 5.16 Å². The van der Waals surface area contributed by atoms with Gasteiger partial charge in [0.1, 0.15) is 12.2 Å². The van der Waals surface area contributed by atoms with Gasteiger partial charge in [0.05, 0.1) is 12.3 Å². The number of alkyl carbamates (subject to hydrolysis) is 1. The summed E-state index contributed by atoms with van der Waals surface area (Å²) in [5.41, 5.74) is 0.978. The highest BCUT2D eigenvalue weighted by atomic mass is 19.1. The van der Waals surface area contributed by atoms with Gasteiger partial charge in [0, 0.05) is 18.2 Å². The van der Waals surface area contributed by atoms with Crippen LogP contribution in [0.4, 0.5) is 15.0 Å². The van der Waals surface area contributed by atoms with Crippen LogP contribution in [0.1, 0.15) is 27.2 Å². The first kappa shape index (κ1) is 22.0. The summed E-state index contributed by atoms with van der Waals surface area (Å²) in [5.74, 6) is -0.0241. The van der Waals surface area contributed by atoms with E-state index in [-0.39, 0.29) is 25.1 Å². The zero-order valence-electron chi connectivity index (χ0n) is 17.4. The van der Waals surface area contributed by atoms with E-state index < -0.39 is 17.6 Å². The number of nitrogens with zero attached hydrogens (tertiary/aromatic N) is 4. The van der Waals surface area contributed by atoms with Gasteiger partial charge in [-0.05, 0) is 45.0 Å². The lowest BCUT2D eigenvalue weighted by atomic mass is 10.1. The summed E-state index contributed by atoms with van der Waals surface area (Å²) in [6.45, 7) is 12.9. The maximum Gasteiger partial charge on any atom is 0.407 e. The second-order valence-electron chi connectivity index (χ2n) is 7.75. The number of aromatic nitrogens is 2. The Kier molecular flexibility index (Phi) is 6.65. The molecule has 0 radical (unpaired) electrons. The first-order valence-electron chi connectivity index (χ1n) is 9.55. The van der Waals surface area contributed by atoms with E-state index in [2.05, 4.69) is 25.3 Å². The number of halogens is 1. The van der Waals surface area contributed by atoms with E-state index in [0.29, 0.717) is 29.1 Å². The summed E-state index contributed by atoms with van der Waals surface area (Å²) in [6.07, 6.45) is 0.915. The molecule has 0 fully saturated rings. The molecule has 0 aromatic carbocycles. The predicted octanol–water partition coefficient (Wildman–Crippen LogP) is 3.88. The average molecular weight is 427 g/mol. The van der Waals surface area contributed by atoms with Crippen molar-refractivity contribution in [2.75, 3.05) is 13.2 Å². The van der Waals surface area contributed by atoms with Crippen LogP contribution in [0.3, 0.4) is 0 Å². The van der Waals surface area contributed by atoms with Crippen molar-refractivity contribution in [1.82, 2.24) is 15.3 Å². The number of amides is 1. The van der Waals surface area contributed by atoms with Crippen molar-refractivity contribution in [3.05, 3.63) is 47.8 Å². The lowest BCUT2D eigenvalue weighted by Crippen LogP contribution is -2.35. The molecule has 2 aromatic rings. The van der Waals surface area contributed by atoms with Gasteiger partial charge < -0.3 is 24.5 Å². The van der Waals surface area contributed by atoms with Crippen LogP contribution in [0, 0.1) is 12.5 Å². The van der Waals surface area contributed by atoms with E-state index in [1.54, 1.807) is 26.8 Å². The van der Waals surface area contributed by atoms with Crippen molar-refractivity contribution in [3.8, 4) is 17.0 Å². The molecule has 162 valence electrons. The molecule has 1 aliphatic heterocycles. The van der Waals surface area contributed by atoms with Crippen molar-refractivity contribution >= 4 is 17.6 Å². The number of pyridine rings is 2. The maximum absolute atomic E-state index is 13.2. The second kappa shape index (κ2) is 9.38. The summed E-state index contributed by atoms with van der Waals surface area (Å²) >= 11 is 0. The van der Waals surface area contributed by atoms with Gasteiger partial charge in [0.25, 0.3) is 5.82 Å². The lowest BCUT2D eigenvalue weighted by molar-refractivity contribution is 0.0471. The van der Waals surface area contributed by atoms with Crippen LogP contribution in [-0.2, 0) is 9.57 Å². The molecule has 10 heteroatoms. The molecule has 1 N–H and O–H groups in total. The average Bonchev–Trinajstić information content (AvgIpc) is 3.18. The number of hydrogen-bond donors (Lipinski definition) is 1. The van der Waals surface area contributed by atoms with E-state index in [4.69, 9.17) is 20.9 Å². The predicted molar refractivity (Wildman–Crippen MR) is 110 cm³/mol. The summed E-state index contributed by atoms with van der Waals surface area (Å²) in [7, 11) is 0. The van der Waals surface area contributed by atoms with Gasteiger partial charge in [-0.25, -0.2) is 9.78 Å².